The molecule has 2 aromatic carbocycles. The fraction of sp³-hybridized carbons (Fsp3) is 0.133. The predicted octanol–water partition coefficient (Wildman–Crippen LogP) is 5.32. The van der Waals surface area contributed by atoms with E-state index in [4.69, 9.17) is 0 Å². The molecular weight excluding hydrogens is 294 g/mol. The van der Waals surface area contributed by atoms with Crippen LogP contribution in [0.1, 0.15) is 22.3 Å². The lowest BCUT2D eigenvalue weighted by atomic mass is 10.0. The van der Waals surface area contributed by atoms with Gasteiger partial charge in [-0.05, 0) is 35.4 Å². The van der Waals surface area contributed by atoms with Gasteiger partial charge in [0.1, 0.15) is 0 Å². The van der Waals surface area contributed by atoms with Gasteiger partial charge in [-0.3, -0.25) is 0 Å². The molecule has 0 unspecified atom stereocenters. The second-order valence-electron chi connectivity index (χ2n) is 4.38. The lowest BCUT2D eigenvalue weighted by Crippen LogP contribution is -2.05. The highest BCUT2D eigenvalue weighted by atomic mass is 19.4. The van der Waals surface area contributed by atoms with E-state index >= 15 is 0 Å². The van der Waals surface area contributed by atoms with Crippen molar-refractivity contribution in [1.29, 1.82) is 0 Å². The van der Waals surface area contributed by atoms with Crippen LogP contribution in [0.2, 0.25) is 0 Å². The first-order chi connectivity index (χ1) is 9.66. The van der Waals surface area contributed by atoms with E-state index in [1.165, 1.54) is 30.7 Å². The van der Waals surface area contributed by atoms with E-state index in [-0.39, 0.29) is 0 Å². The minimum atomic E-state index is -4.41. The molecule has 0 spiro atoms. The standard InChI is InChI=1S/C15H9F6/c16-14(17,18)12-5-1-10(2-6-12)9-11-3-7-13(8-4-11)15(19,20)21/h1-9H. The highest BCUT2D eigenvalue weighted by molar-refractivity contribution is 5.39. The summed E-state index contributed by atoms with van der Waals surface area (Å²) in [7, 11) is 0. The number of alkyl halides is 6. The van der Waals surface area contributed by atoms with E-state index in [9.17, 15) is 26.3 Å². The van der Waals surface area contributed by atoms with Crippen LogP contribution in [0.25, 0.3) is 0 Å². The lowest BCUT2D eigenvalue weighted by Gasteiger charge is -2.09. The Bertz CT molecular complexity index is 535. The van der Waals surface area contributed by atoms with Crippen LogP contribution in [0.15, 0.2) is 48.5 Å². The van der Waals surface area contributed by atoms with Gasteiger partial charge in [0.25, 0.3) is 0 Å². The molecule has 111 valence electrons. The number of benzene rings is 2. The van der Waals surface area contributed by atoms with Crippen molar-refractivity contribution in [3.8, 4) is 0 Å². The van der Waals surface area contributed by atoms with E-state index in [0.29, 0.717) is 11.1 Å². The van der Waals surface area contributed by atoms with Crippen LogP contribution >= 0.6 is 0 Å². The van der Waals surface area contributed by atoms with E-state index in [0.717, 1.165) is 24.3 Å². The molecule has 0 saturated heterocycles. The maximum absolute atomic E-state index is 12.4. The topological polar surface area (TPSA) is 0 Å². The molecule has 0 atom stereocenters. The van der Waals surface area contributed by atoms with Crippen molar-refractivity contribution in [3.05, 3.63) is 77.2 Å². The smallest absolute Gasteiger partial charge is 0.166 e. The minimum Gasteiger partial charge on any atom is -0.166 e. The average Bonchev–Trinajstić information content (AvgIpc) is 2.38. The first-order valence-electron chi connectivity index (χ1n) is 5.85. The summed E-state index contributed by atoms with van der Waals surface area (Å²) in [5, 5.41) is 0. The van der Waals surface area contributed by atoms with Gasteiger partial charge < -0.3 is 0 Å². The van der Waals surface area contributed by atoms with Gasteiger partial charge in [-0.1, -0.05) is 24.3 Å². The van der Waals surface area contributed by atoms with Crippen LogP contribution < -0.4 is 0 Å². The summed E-state index contributed by atoms with van der Waals surface area (Å²) in [4.78, 5) is 0. The molecule has 0 aromatic heterocycles. The number of hydrogen-bond donors (Lipinski definition) is 0. The molecule has 0 aliphatic carbocycles. The monoisotopic (exact) mass is 303 g/mol. The summed E-state index contributed by atoms with van der Waals surface area (Å²) in [6.07, 6.45) is -7.32. The van der Waals surface area contributed by atoms with Gasteiger partial charge in [0.05, 0.1) is 11.1 Å². The van der Waals surface area contributed by atoms with Gasteiger partial charge in [0.2, 0.25) is 0 Å². The quantitative estimate of drug-likeness (QED) is 0.658. The number of hydrogen-bond acceptors (Lipinski definition) is 0. The summed E-state index contributed by atoms with van der Waals surface area (Å²) in [6.45, 7) is 0. The molecule has 21 heavy (non-hydrogen) atoms. The van der Waals surface area contributed by atoms with Crippen molar-refractivity contribution in [2.24, 2.45) is 0 Å². The predicted molar refractivity (Wildman–Crippen MR) is 65.4 cm³/mol. The van der Waals surface area contributed by atoms with Gasteiger partial charge in [0, 0.05) is 6.42 Å². The second-order valence-corrected chi connectivity index (χ2v) is 4.38. The Morgan fingerprint density at radius 3 is 1.05 bits per heavy atom. The van der Waals surface area contributed by atoms with Gasteiger partial charge in [-0.2, -0.15) is 26.3 Å². The zero-order chi connectivity index (χ0) is 15.7. The van der Waals surface area contributed by atoms with Crippen LogP contribution in [0.5, 0.6) is 0 Å². The van der Waals surface area contributed by atoms with Gasteiger partial charge >= 0.3 is 12.4 Å². The van der Waals surface area contributed by atoms with Gasteiger partial charge in [0.15, 0.2) is 0 Å². The van der Waals surface area contributed by atoms with Gasteiger partial charge in [-0.25, -0.2) is 0 Å². The maximum Gasteiger partial charge on any atom is 0.416 e. The van der Waals surface area contributed by atoms with Crippen molar-refractivity contribution in [1.82, 2.24) is 0 Å². The van der Waals surface area contributed by atoms with Crippen molar-refractivity contribution in [2.45, 2.75) is 12.4 Å². The summed E-state index contributed by atoms with van der Waals surface area (Å²) >= 11 is 0. The normalized spacial score (nSPS) is 12.5. The van der Waals surface area contributed by atoms with Crippen molar-refractivity contribution in [2.75, 3.05) is 0 Å². The summed E-state index contributed by atoms with van der Waals surface area (Å²) in [6, 6.07) is 8.76. The first-order valence-corrected chi connectivity index (χ1v) is 5.85. The highest BCUT2D eigenvalue weighted by Gasteiger charge is 2.30. The highest BCUT2D eigenvalue weighted by Crippen LogP contribution is 2.31. The molecule has 0 heterocycles. The Kier molecular flexibility index (Phi) is 3.98. The van der Waals surface area contributed by atoms with E-state index in [2.05, 4.69) is 0 Å². The van der Waals surface area contributed by atoms with Crippen molar-refractivity contribution >= 4 is 0 Å². The molecule has 0 aliphatic rings. The molecule has 0 bridgehead atoms. The van der Waals surface area contributed by atoms with Crippen molar-refractivity contribution in [3.63, 3.8) is 0 Å². The molecular formula is C15H9F6. The minimum absolute atomic E-state index is 0.475. The second kappa shape index (κ2) is 5.42. The molecule has 2 aromatic rings. The Labute approximate surface area is 117 Å². The number of rotatable bonds is 2. The van der Waals surface area contributed by atoms with E-state index < -0.39 is 23.5 Å². The third-order valence-electron chi connectivity index (χ3n) is 2.81. The Morgan fingerprint density at radius 2 is 0.810 bits per heavy atom. The van der Waals surface area contributed by atoms with E-state index in [1.807, 2.05) is 0 Å². The van der Waals surface area contributed by atoms with Gasteiger partial charge in [-0.15, -0.1) is 0 Å². The zero-order valence-electron chi connectivity index (χ0n) is 10.5. The first kappa shape index (κ1) is 15.4. The molecule has 0 amide bonds. The maximum atomic E-state index is 12.4. The molecule has 0 N–H and O–H groups in total. The number of halogens is 6. The molecule has 1 radical (unpaired) electrons. The van der Waals surface area contributed by atoms with E-state index in [1.54, 1.807) is 0 Å². The molecule has 0 aliphatic heterocycles. The van der Waals surface area contributed by atoms with Crippen LogP contribution in [-0.4, -0.2) is 0 Å². The third-order valence-corrected chi connectivity index (χ3v) is 2.81. The molecule has 0 fully saturated rings. The Morgan fingerprint density at radius 1 is 0.524 bits per heavy atom. The van der Waals surface area contributed by atoms with Crippen LogP contribution in [0.4, 0.5) is 26.3 Å². The van der Waals surface area contributed by atoms with Crippen LogP contribution in [0, 0.1) is 6.42 Å². The lowest BCUT2D eigenvalue weighted by molar-refractivity contribution is -0.138. The Balaban J connectivity index is 2.12. The largest absolute Gasteiger partial charge is 0.416 e. The van der Waals surface area contributed by atoms with Crippen LogP contribution in [-0.2, 0) is 12.4 Å². The zero-order valence-corrected chi connectivity index (χ0v) is 10.5. The molecule has 2 rings (SSSR count). The summed E-state index contributed by atoms with van der Waals surface area (Å²) in [5.74, 6) is 0. The molecule has 0 saturated carbocycles. The SMILES string of the molecule is FC(F)(F)c1ccc([CH]c2ccc(C(F)(F)F)cc2)cc1. The Hall–Kier alpha value is -1.98. The molecule has 6 heteroatoms. The average molecular weight is 303 g/mol. The fourth-order valence-electron chi connectivity index (χ4n) is 1.73. The summed E-state index contributed by atoms with van der Waals surface area (Å²) in [5.41, 5.74) is -0.593. The molecule has 0 nitrogen and oxygen atoms in total. The third kappa shape index (κ3) is 4.00. The fourth-order valence-corrected chi connectivity index (χ4v) is 1.73. The van der Waals surface area contributed by atoms with Crippen LogP contribution in [0.3, 0.4) is 0 Å². The summed E-state index contributed by atoms with van der Waals surface area (Å²) < 4.78 is 74.3. The van der Waals surface area contributed by atoms with Crippen molar-refractivity contribution < 1.29 is 26.3 Å².